The fraction of sp³-hybridized carbons (Fsp3) is 0.130. The average Bonchev–Trinajstić information content (AvgIpc) is 2.75. The largest absolute Gasteiger partial charge is 0.497 e. The number of benzene rings is 3. The minimum Gasteiger partial charge on any atom is -0.497 e. The molecule has 0 aliphatic carbocycles. The number of anilines is 1. The first kappa shape index (κ1) is 19.9. The third-order valence-corrected chi connectivity index (χ3v) is 4.10. The molecule has 0 aromatic heterocycles. The normalized spacial score (nSPS) is 10.1. The van der Waals surface area contributed by atoms with E-state index < -0.39 is 5.91 Å². The lowest BCUT2D eigenvalue weighted by molar-refractivity contribution is -0.126. The van der Waals surface area contributed by atoms with Gasteiger partial charge in [0.15, 0.2) is 5.75 Å². The van der Waals surface area contributed by atoms with E-state index in [0.29, 0.717) is 23.7 Å². The fourth-order valence-electron chi connectivity index (χ4n) is 2.62. The molecular weight excluding hydrogens is 368 g/mol. The molecule has 148 valence electrons. The van der Waals surface area contributed by atoms with Gasteiger partial charge in [0.1, 0.15) is 17.9 Å². The van der Waals surface area contributed by atoms with Gasteiger partial charge in [0, 0.05) is 6.54 Å². The van der Waals surface area contributed by atoms with Gasteiger partial charge >= 0.3 is 0 Å². The molecular formula is C23H22N2O4. The highest BCUT2D eigenvalue weighted by Gasteiger charge is 2.12. The molecule has 0 fully saturated rings. The van der Waals surface area contributed by atoms with Gasteiger partial charge in [-0.3, -0.25) is 9.59 Å². The van der Waals surface area contributed by atoms with Crippen molar-refractivity contribution in [1.29, 1.82) is 0 Å². The van der Waals surface area contributed by atoms with Crippen molar-refractivity contribution in [2.45, 2.75) is 13.0 Å². The summed E-state index contributed by atoms with van der Waals surface area (Å²) in [7, 11) is 1.60. The molecule has 6 heteroatoms. The van der Waals surface area contributed by atoms with Crippen LogP contribution in [-0.2, 0) is 16.1 Å². The highest BCUT2D eigenvalue weighted by molar-refractivity contribution is 6.04. The minimum atomic E-state index is -0.415. The predicted octanol–water partition coefficient (Wildman–Crippen LogP) is 4.13. The molecule has 0 atom stereocenters. The van der Waals surface area contributed by atoms with Gasteiger partial charge in [0.05, 0.1) is 12.8 Å². The molecule has 0 aliphatic heterocycles. The van der Waals surface area contributed by atoms with Crippen LogP contribution in [-0.4, -0.2) is 18.9 Å². The van der Waals surface area contributed by atoms with Gasteiger partial charge in [0.2, 0.25) is 11.8 Å². The molecule has 0 unspecified atom stereocenters. The van der Waals surface area contributed by atoms with Crippen molar-refractivity contribution in [3.63, 3.8) is 0 Å². The van der Waals surface area contributed by atoms with Crippen LogP contribution in [0.5, 0.6) is 17.2 Å². The number of ether oxygens (including phenoxy) is 2. The molecule has 6 nitrogen and oxygen atoms in total. The highest BCUT2D eigenvalue weighted by atomic mass is 16.5. The molecule has 3 aromatic carbocycles. The second-order valence-corrected chi connectivity index (χ2v) is 6.26. The SMILES string of the molecule is COc1ccc(CNC(=O)CC(=O)Nc2ccccc2Oc2ccccc2)cc1. The van der Waals surface area contributed by atoms with E-state index in [1.54, 1.807) is 25.3 Å². The Morgan fingerprint density at radius 3 is 2.21 bits per heavy atom. The topological polar surface area (TPSA) is 76.7 Å². The van der Waals surface area contributed by atoms with E-state index in [9.17, 15) is 9.59 Å². The van der Waals surface area contributed by atoms with Crippen LogP contribution in [0.4, 0.5) is 5.69 Å². The Balaban J connectivity index is 1.53. The van der Waals surface area contributed by atoms with Crippen molar-refractivity contribution in [2.75, 3.05) is 12.4 Å². The van der Waals surface area contributed by atoms with E-state index in [0.717, 1.165) is 11.3 Å². The quantitative estimate of drug-likeness (QED) is 0.567. The van der Waals surface area contributed by atoms with E-state index >= 15 is 0 Å². The van der Waals surface area contributed by atoms with Crippen molar-refractivity contribution in [3.8, 4) is 17.2 Å². The molecule has 29 heavy (non-hydrogen) atoms. The van der Waals surface area contributed by atoms with Crippen LogP contribution in [0.15, 0.2) is 78.9 Å². The molecule has 0 heterocycles. The minimum absolute atomic E-state index is 0.282. The Hall–Kier alpha value is -3.80. The number of carbonyl (C=O) groups is 2. The molecule has 0 aliphatic rings. The Morgan fingerprint density at radius 2 is 1.48 bits per heavy atom. The first-order valence-electron chi connectivity index (χ1n) is 9.15. The summed E-state index contributed by atoms with van der Waals surface area (Å²) in [4.78, 5) is 24.4. The Labute approximate surface area is 169 Å². The Kier molecular flexibility index (Phi) is 6.84. The maximum atomic E-state index is 12.3. The molecule has 0 radical (unpaired) electrons. The zero-order valence-corrected chi connectivity index (χ0v) is 16.1. The van der Waals surface area contributed by atoms with Gasteiger partial charge in [-0.05, 0) is 42.0 Å². The molecule has 0 bridgehead atoms. The van der Waals surface area contributed by atoms with Crippen molar-refractivity contribution < 1.29 is 19.1 Å². The predicted molar refractivity (Wildman–Crippen MR) is 111 cm³/mol. The van der Waals surface area contributed by atoms with Crippen molar-refractivity contribution in [2.24, 2.45) is 0 Å². The van der Waals surface area contributed by atoms with Crippen LogP contribution < -0.4 is 20.1 Å². The van der Waals surface area contributed by atoms with Gasteiger partial charge in [0.25, 0.3) is 0 Å². The standard InChI is InChI=1S/C23H22N2O4/c1-28-18-13-11-17(12-14-18)16-24-22(26)15-23(27)25-20-9-5-6-10-21(20)29-19-7-3-2-4-8-19/h2-14H,15-16H2,1H3,(H,24,26)(H,25,27). The molecule has 2 N–H and O–H groups in total. The number of rotatable bonds is 8. The summed E-state index contributed by atoms with van der Waals surface area (Å²) in [5.74, 6) is 1.13. The second kappa shape index (κ2) is 9.94. The summed E-state index contributed by atoms with van der Waals surface area (Å²) in [6, 6.07) is 23.7. The van der Waals surface area contributed by atoms with Crippen LogP contribution in [0.25, 0.3) is 0 Å². The number of hydrogen-bond donors (Lipinski definition) is 2. The summed E-state index contributed by atoms with van der Waals surface area (Å²) in [5.41, 5.74) is 1.42. The van der Waals surface area contributed by atoms with Crippen LogP contribution >= 0.6 is 0 Å². The molecule has 0 spiro atoms. The Bertz CT molecular complexity index is 956. The van der Waals surface area contributed by atoms with E-state index in [1.165, 1.54) is 0 Å². The zero-order chi connectivity index (χ0) is 20.5. The second-order valence-electron chi connectivity index (χ2n) is 6.26. The van der Waals surface area contributed by atoms with Crippen molar-refractivity contribution in [3.05, 3.63) is 84.4 Å². The van der Waals surface area contributed by atoms with E-state index in [4.69, 9.17) is 9.47 Å². The zero-order valence-electron chi connectivity index (χ0n) is 16.1. The fourth-order valence-corrected chi connectivity index (χ4v) is 2.62. The van der Waals surface area contributed by atoms with E-state index in [-0.39, 0.29) is 12.3 Å². The third kappa shape index (κ3) is 6.10. The van der Waals surface area contributed by atoms with Gasteiger partial charge in [-0.1, -0.05) is 42.5 Å². The molecule has 2 amide bonds. The highest BCUT2D eigenvalue weighted by Crippen LogP contribution is 2.29. The van der Waals surface area contributed by atoms with Crippen LogP contribution in [0.1, 0.15) is 12.0 Å². The number of nitrogens with one attached hydrogen (secondary N) is 2. The van der Waals surface area contributed by atoms with Crippen LogP contribution in [0, 0.1) is 0 Å². The van der Waals surface area contributed by atoms with Crippen molar-refractivity contribution >= 4 is 17.5 Å². The first-order valence-corrected chi connectivity index (χ1v) is 9.15. The number of methoxy groups -OCH3 is 1. The van der Waals surface area contributed by atoms with Gasteiger partial charge in [-0.25, -0.2) is 0 Å². The van der Waals surface area contributed by atoms with Gasteiger partial charge in [-0.15, -0.1) is 0 Å². The first-order chi connectivity index (χ1) is 14.1. The average molecular weight is 390 g/mol. The maximum absolute atomic E-state index is 12.3. The summed E-state index contributed by atoms with van der Waals surface area (Å²) < 4.78 is 10.9. The number of para-hydroxylation sites is 3. The third-order valence-electron chi connectivity index (χ3n) is 4.10. The number of amides is 2. The maximum Gasteiger partial charge on any atom is 0.233 e. The lowest BCUT2D eigenvalue weighted by atomic mass is 10.2. The summed E-state index contributed by atoms with van der Waals surface area (Å²) in [6.07, 6.45) is -0.282. The molecule has 3 aromatic rings. The summed E-state index contributed by atoms with van der Waals surface area (Å²) in [6.45, 7) is 0.337. The van der Waals surface area contributed by atoms with E-state index in [1.807, 2.05) is 60.7 Å². The molecule has 0 saturated carbocycles. The Morgan fingerprint density at radius 1 is 0.793 bits per heavy atom. The van der Waals surface area contributed by atoms with Gasteiger partial charge in [-0.2, -0.15) is 0 Å². The molecule has 3 rings (SSSR count). The monoisotopic (exact) mass is 390 g/mol. The van der Waals surface area contributed by atoms with E-state index in [2.05, 4.69) is 10.6 Å². The summed E-state index contributed by atoms with van der Waals surface area (Å²) in [5, 5.41) is 5.47. The number of carbonyl (C=O) groups excluding carboxylic acids is 2. The molecule has 0 saturated heterocycles. The summed E-state index contributed by atoms with van der Waals surface area (Å²) >= 11 is 0. The lowest BCUT2D eigenvalue weighted by Gasteiger charge is -2.12. The van der Waals surface area contributed by atoms with Crippen LogP contribution in [0.3, 0.4) is 0 Å². The smallest absolute Gasteiger partial charge is 0.233 e. The van der Waals surface area contributed by atoms with Crippen LogP contribution in [0.2, 0.25) is 0 Å². The van der Waals surface area contributed by atoms with Gasteiger partial charge < -0.3 is 20.1 Å². The lowest BCUT2D eigenvalue weighted by Crippen LogP contribution is -2.27. The van der Waals surface area contributed by atoms with Crippen molar-refractivity contribution in [1.82, 2.24) is 5.32 Å². The number of hydrogen-bond acceptors (Lipinski definition) is 4.